The van der Waals surface area contributed by atoms with Crippen molar-refractivity contribution in [2.45, 2.75) is 26.7 Å². The monoisotopic (exact) mass is 270 g/mol. The Hall–Kier alpha value is -2.23. The second kappa shape index (κ2) is 6.28. The lowest BCUT2D eigenvalue weighted by Crippen LogP contribution is -2.22. The molecule has 0 spiro atoms. The number of hydrogen-bond donors (Lipinski definition) is 1. The molecule has 0 aliphatic rings. The summed E-state index contributed by atoms with van der Waals surface area (Å²) >= 11 is 0. The van der Waals surface area contributed by atoms with Crippen LogP contribution in [0.4, 0.5) is 0 Å². The molecule has 0 saturated carbocycles. The highest BCUT2D eigenvalue weighted by atomic mass is 16.1. The van der Waals surface area contributed by atoms with Crippen LogP contribution in [-0.4, -0.2) is 15.8 Å². The zero-order valence-electron chi connectivity index (χ0n) is 11.7. The quantitative estimate of drug-likeness (QED) is 0.849. The smallest absolute Gasteiger partial charge is 0.277 e. The summed E-state index contributed by atoms with van der Waals surface area (Å²) in [6, 6.07) is 9.80. The van der Waals surface area contributed by atoms with Gasteiger partial charge in [0.25, 0.3) is 5.56 Å². The van der Waals surface area contributed by atoms with Crippen LogP contribution in [0.25, 0.3) is 0 Å². The predicted molar refractivity (Wildman–Crippen MR) is 77.9 cm³/mol. The lowest BCUT2D eigenvalue weighted by atomic mass is 10.1. The van der Waals surface area contributed by atoms with E-state index < -0.39 is 5.56 Å². The largest absolute Gasteiger partial charge is 0.322 e. The van der Waals surface area contributed by atoms with Crippen molar-refractivity contribution in [1.29, 1.82) is 0 Å². The van der Waals surface area contributed by atoms with Crippen LogP contribution in [0.15, 0.2) is 41.3 Å². The van der Waals surface area contributed by atoms with Gasteiger partial charge in [-0.05, 0) is 11.5 Å². The standard InChI is InChI=1S/C16H18N2O2/c1-11(2)8-14(19)15-16(20)18-13(10-17-15)9-12-6-4-3-5-7-12/h3-7,10-11H,8-9H2,1-2H3,(H,18,20). The van der Waals surface area contributed by atoms with Crippen LogP contribution in [-0.2, 0) is 6.42 Å². The Morgan fingerprint density at radius 1 is 1.25 bits per heavy atom. The summed E-state index contributed by atoms with van der Waals surface area (Å²) in [4.78, 5) is 30.6. The van der Waals surface area contributed by atoms with E-state index in [0.717, 1.165) is 5.56 Å². The first-order valence-electron chi connectivity index (χ1n) is 6.71. The molecule has 2 rings (SSSR count). The van der Waals surface area contributed by atoms with Gasteiger partial charge in [-0.1, -0.05) is 44.2 Å². The summed E-state index contributed by atoms with van der Waals surface area (Å²) in [5.41, 5.74) is 1.41. The summed E-state index contributed by atoms with van der Waals surface area (Å²) in [6.07, 6.45) is 2.51. The molecule has 0 aliphatic carbocycles. The maximum absolute atomic E-state index is 11.9. The highest BCUT2D eigenvalue weighted by molar-refractivity contribution is 5.93. The van der Waals surface area contributed by atoms with Gasteiger partial charge in [-0.25, -0.2) is 4.98 Å². The number of aromatic amines is 1. The predicted octanol–water partition coefficient (Wildman–Crippen LogP) is 2.59. The third-order valence-corrected chi connectivity index (χ3v) is 2.93. The minimum atomic E-state index is -0.399. The molecule has 0 aliphatic heterocycles. The first-order valence-corrected chi connectivity index (χ1v) is 6.71. The molecule has 0 radical (unpaired) electrons. The molecular formula is C16H18N2O2. The average molecular weight is 270 g/mol. The number of Topliss-reactive ketones (excluding diaryl/α,β-unsaturated/α-hetero) is 1. The molecule has 1 heterocycles. The van der Waals surface area contributed by atoms with Crippen LogP contribution in [0.2, 0.25) is 0 Å². The third kappa shape index (κ3) is 3.63. The van der Waals surface area contributed by atoms with Crippen LogP contribution in [0, 0.1) is 5.92 Å². The number of benzene rings is 1. The molecule has 0 bridgehead atoms. The maximum Gasteiger partial charge on any atom is 0.277 e. The third-order valence-electron chi connectivity index (χ3n) is 2.93. The van der Waals surface area contributed by atoms with E-state index in [2.05, 4.69) is 9.97 Å². The number of ketones is 1. The highest BCUT2D eigenvalue weighted by Gasteiger charge is 2.14. The summed E-state index contributed by atoms with van der Waals surface area (Å²) in [5.74, 6) is 0.0141. The van der Waals surface area contributed by atoms with E-state index in [9.17, 15) is 9.59 Å². The van der Waals surface area contributed by atoms with Crippen LogP contribution in [0.5, 0.6) is 0 Å². The van der Waals surface area contributed by atoms with E-state index in [1.54, 1.807) is 6.20 Å². The molecule has 1 aromatic carbocycles. The lowest BCUT2D eigenvalue weighted by molar-refractivity contribution is 0.0961. The first-order chi connectivity index (χ1) is 9.56. The first kappa shape index (κ1) is 14.2. The van der Waals surface area contributed by atoms with Gasteiger partial charge in [-0.3, -0.25) is 9.59 Å². The molecule has 0 fully saturated rings. The number of carbonyl (C=O) groups excluding carboxylic acids is 1. The van der Waals surface area contributed by atoms with Crippen molar-refractivity contribution < 1.29 is 4.79 Å². The van der Waals surface area contributed by atoms with Crippen LogP contribution < -0.4 is 5.56 Å². The zero-order valence-corrected chi connectivity index (χ0v) is 11.7. The van der Waals surface area contributed by atoms with E-state index in [1.807, 2.05) is 44.2 Å². The fourth-order valence-electron chi connectivity index (χ4n) is 2.01. The highest BCUT2D eigenvalue weighted by Crippen LogP contribution is 2.07. The Balaban J connectivity index is 2.18. The number of aromatic nitrogens is 2. The second-order valence-electron chi connectivity index (χ2n) is 5.27. The number of nitrogens with zero attached hydrogens (tertiary/aromatic N) is 1. The van der Waals surface area contributed by atoms with Crippen molar-refractivity contribution in [3.8, 4) is 0 Å². The number of H-pyrrole nitrogens is 1. The van der Waals surface area contributed by atoms with Crippen molar-refractivity contribution in [1.82, 2.24) is 9.97 Å². The van der Waals surface area contributed by atoms with Gasteiger partial charge in [0.2, 0.25) is 0 Å². The molecule has 4 nitrogen and oxygen atoms in total. The van der Waals surface area contributed by atoms with Crippen LogP contribution in [0.1, 0.15) is 42.0 Å². The van der Waals surface area contributed by atoms with Crippen molar-refractivity contribution >= 4 is 5.78 Å². The van der Waals surface area contributed by atoms with Gasteiger partial charge in [0.15, 0.2) is 11.5 Å². The molecular weight excluding hydrogens is 252 g/mol. The van der Waals surface area contributed by atoms with Crippen molar-refractivity contribution in [3.63, 3.8) is 0 Å². The lowest BCUT2D eigenvalue weighted by Gasteiger charge is -2.05. The van der Waals surface area contributed by atoms with Crippen LogP contribution >= 0.6 is 0 Å². The van der Waals surface area contributed by atoms with E-state index in [1.165, 1.54) is 0 Å². The fourth-order valence-corrected chi connectivity index (χ4v) is 2.01. The van der Waals surface area contributed by atoms with E-state index in [0.29, 0.717) is 18.5 Å². The maximum atomic E-state index is 11.9. The topological polar surface area (TPSA) is 62.8 Å². The van der Waals surface area contributed by atoms with E-state index in [-0.39, 0.29) is 17.4 Å². The molecule has 2 aromatic rings. The Labute approximate surface area is 117 Å². The normalized spacial score (nSPS) is 10.8. The van der Waals surface area contributed by atoms with E-state index >= 15 is 0 Å². The van der Waals surface area contributed by atoms with Crippen molar-refractivity contribution in [2.75, 3.05) is 0 Å². The minimum absolute atomic E-state index is 0.00973. The van der Waals surface area contributed by atoms with Gasteiger partial charge in [-0.15, -0.1) is 0 Å². The fraction of sp³-hybridized carbons (Fsp3) is 0.312. The number of hydrogen-bond acceptors (Lipinski definition) is 3. The van der Waals surface area contributed by atoms with Gasteiger partial charge in [0, 0.05) is 24.7 Å². The Morgan fingerprint density at radius 3 is 2.55 bits per heavy atom. The Bertz CT molecular complexity index is 645. The number of rotatable bonds is 5. The van der Waals surface area contributed by atoms with Crippen molar-refractivity contribution in [2.24, 2.45) is 5.92 Å². The number of nitrogens with one attached hydrogen (secondary N) is 1. The van der Waals surface area contributed by atoms with Crippen LogP contribution in [0.3, 0.4) is 0 Å². The molecule has 4 heteroatoms. The van der Waals surface area contributed by atoms with Gasteiger partial charge in [0.05, 0.1) is 0 Å². The average Bonchev–Trinajstić information content (AvgIpc) is 2.39. The summed E-state index contributed by atoms with van der Waals surface area (Å²) in [5, 5.41) is 0. The number of carbonyl (C=O) groups is 1. The molecule has 20 heavy (non-hydrogen) atoms. The summed E-state index contributed by atoms with van der Waals surface area (Å²) < 4.78 is 0. The minimum Gasteiger partial charge on any atom is -0.322 e. The Kier molecular flexibility index (Phi) is 4.45. The molecule has 1 N–H and O–H groups in total. The molecule has 0 saturated heterocycles. The molecule has 0 amide bonds. The molecule has 104 valence electrons. The zero-order chi connectivity index (χ0) is 14.5. The summed E-state index contributed by atoms with van der Waals surface area (Å²) in [7, 11) is 0. The van der Waals surface area contributed by atoms with Gasteiger partial charge in [-0.2, -0.15) is 0 Å². The van der Waals surface area contributed by atoms with Gasteiger partial charge >= 0.3 is 0 Å². The van der Waals surface area contributed by atoms with E-state index in [4.69, 9.17) is 0 Å². The SMILES string of the molecule is CC(C)CC(=O)c1ncc(Cc2ccccc2)[nH]c1=O. The second-order valence-corrected chi connectivity index (χ2v) is 5.27. The summed E-state index contributed by atoms with van der Waals surface area (Å²) in [6.45, 7) is 3.88. The Morgan fingerprint density at radius 2 is 1.95 bits per heavy atom. The van der Waals surface area contributed by atoms with Gasteiger partial charge < -0.3 is 4.98 Å². The molecule has 0 atom stereocenters. The molecule has 0 unspecified atom stereocenters. The van der Waals surface area contributed by atoms with Gasteiger partial charge in [0.1, 0.15) is 0 Å². The van der Waals surface area contributed by atoms with Crippen molar-refractivity contribution in [3.05, 3.63) is 63.8 Å². The molecule has 1 aromatic heterocycles.